The van der Waals surface area contributed by atoms with E-state index < -0.39 is 0 Å². The normalized spacial score (nSPS) is 9.40. The Morgan fingerprint density at radius 2 is 2.00 bits per heavy atom. The molecule has 0 saturated carbocycles. The molecule has 0 spiro atoms. The Balaban J connectivity index is 3.19. The third-order valence-electron chi connectivity index (χ3n) is 1.49. The number of benzene rings is 1. The summed E-state index contributed by atoms with van der Waals surface area (Å²) >= 11 is 0. The third kappa shape index (κ3) is 1.24. The molecule has 0 aliphatic rings. The van der Waals surface area contributed by atoms with Gasteiger partial charge in [0.05, 0.1) is 0 Å². The van der Waals surface area contributed by atoms with Crippen molar-refractivity contribution in [2.75, 3.05) is 0 Å². The number of hydrogen-bond acceptors (Lipinski definition) is 1. The van der Waals surface area contributed by atoms with Gasteiger partial charge in [-0.1, -0.05) is 23.8 Å². The zero-order valence-electron chi connectivity index (χ0n) is 6.14. The zero-order chi connectivity index (χ0) is 7.56. The van der Waals surface area contributed by atoms with Gasteiger partial charge < -0.3 is 0 Å². The molecule has 10 heavy (non-hydrogen) atoms. The largest absolute Gasteiger partial charge is 0.285 e. The minimum absolute atomic E-state index is 0.658. The summed E-state index contributed by atoms with van der Waals surface area (Å²) in [7, 11) is 0. The summed E-state index contributed by atoms with van der Waals surface area (Å²) in [5, 5.41) is 0. The van der Waals surface area contributed by atoms with Gasteiger partial charge in [-0.3, -0.25) is 4.79 Å². The van der Waals surface area contributed by atoms with Crippen LogP contribution in [0.1, 0.15) is 16.7 Å². The van der Waals surface area contributed by atoms with Crippen LogP contribution < -0.4 is 0 Å². The van der Waals surface area contributed by atoms with E-state index >= 15 is 0 Å². The highest BCUT2D eigenvalue weighted by Crippen LogP contribution is 2.06. The van der Waals surface area contributed by atoms with Gasteiger partial charge in [0.2, 0.25) is 6.29 Å². The molecule has 0 unspecified atom stereocenters. The predicted octanol–water partition coefficient (Wildman–Crippen LogP) is 1.76. The van der Waals surface area contributed by atoms with E-state index in [9.17, 15) is 4.79 Å². The van der Waals surface area contributed by atoms with Gasteiger partial charge >= 0.3 is 0 Å². The highest BCUT2D eigenvalue weighted by atomic mass is 16.1. The summed E-state index contributed by atoms with van der Waals surface area (Å²) in [5.74, 6) is 0. The first-order valence-electron chi connectivity index (χ1n) is 3.19. The molecular weight excluding hydrogens is 124 g/mol. The fourth-order valence-corrected chi connectivity index (χ4v) is 0.928. The molecule has 0 aliphatic heterocycles. The van der Waals surface area contributed by atoms with Crippen LogP contribution in [0.2, 0.25) is 0 Å². The van der Waals surface area contributed by atoms with Crippen molar-refractivity contribution in [1.82, 2.24) is 0 Å². The minimum atomic E-state index is 0.658. The van der Waals surface area contributed by atoms with Gasteiger partial charge in [0.25, 0.3) is 0 Å². The lowest BCUT2D eigenvalue weighted by Gasteiger charge is -1.96. The van der Waals surface area contributed by atoms with E-state index in [0.717, 1.165) is 5.56 Å². The predicted molar refractivity (Wildman–Crippen MR) is 40.7 cm³/mol. The van der Waals surface area contributed by atoms with Crippen molar-refractivity contribution in [2.45, 2.75) is 13.8 Å². The van der Waals surface area contributed by atoms with Gasteiger partial charge in [-0.15, -0.1) is 0 Å². The molecule has 0 fully saturated rings. The molecule has 0 aromatic heterocycles. The summed E-state index contributed by atoms with van der Waals surface area (Å²) in [6, 6.07) is 5.67. The minimum Gasteiger partial charge on any atom is -0.285 e. The second-order valence-corrected chi connectivity index (χ2v) is 2.42. The van der Waals surface area contributed by atoms with Gasteiger partial charge in [-0.2, -0.15) is 0 Å². The summed E-state index contributed by atoms with van der Waals surface area (Å²) < 4.78 is 0. The molecule has 0 bridgehead atoms. The summed E-state index contributed by atoms with van der Waals surface area (Å²) in [6.45, 7) is 3.91. The number of carbonyl (C=O) groups excluding carboxylic acids is 1. The second-order valence-electron chi connectivity index (χ2n) is 2.42. The molecule has 51 valence electrons. The summed E-state index contributed by atoms with van der Waals surface area (Å²) in [4.78, 5) is 10.2. The highest BCUT2D eigenvalue weighted by Gasteiger charge is 1.95. The first kappa shape index (κ1) is 7.00. The Kier molecular flexibility index (Phi) is 1.86. The molecule has 1 nitrogen and oxygen atoms in total. The lowest BCUT2D eigenvalue weighted by Crippen LogP contribution is -1.86. The Bertz CT molecular complexity index is 251. The summed E-state index contributed by atoms with van der Waals surface area (Å²) in [5.41, 5.74) is 2.83. The molecule has 0 atom stereocenters. The first-order valence-corrected chi connectivity index (χ1v) is 3.19. The number of aryl methyl sites for hydroxylation is 2. The SMILES string of the molecule is Cc1ccc([C]=O)c(C)c1. The zero-order valence-corrected chi connectivity index (χ0v) is 6.14. The van der Waals surface area contributed by atoms with E-state index in [0.29, 0.717) is 5.56 Å². The van der Waals surface area contributed by atoms with Crippen LogP contribution in [-0.2, 0) is 4.79 Å². The lowest BCUT2D eigenvalue weighted by atomic mass is 10.1. The quantitative estimate of drug-likeness (QED) is 0.570. The van der Waals surface area contributed by atoms with E-state index in [1.54, 1.807) is 6.07 Å². The van der Waals surface area contributed by atoms with Crippen LogP contribution in [0.5, 0.6) is 0 Å². The molecule has 0 saturated heterocycles. The second kappa shape index (κ2) is 2.65. The maximum absolute atomic E-state index is 10.2. The molecule has 1 heteroatoms. The van der Waals surface area contributed by atoms with Crippen LogP contribution in [0.4, 0.5) is 0 Å². The van der Waals surface area contributed by atoms with Crippen LogP contribution in [-0.4, -0.2) is 6.29 Å². The molecular formula is C9H9O. The van der Waals surface area contributed by atoms with E-state index in [2.05, 4.69) is 0 Å². The Morgan fingerprint density at radius 1 is 1.30 bits per heavy atom. The van der Waals surface area contributed by atoms with Gasteiger partial charge in [-0.25, -0.2) is 0 Å². The molecule has 0 N–H and O–H groups in total. The van der Waals surface area contributed by atoms with Crippen LogP contribution in [0.25, 0.3) is 0 Å². The number of hydrogen-bond donors (Lipinski definition) is 0. The standard InChI is InChI=1S/C9H9O/c1-7-3-4-9(6-10)8(2)5-7/h3-5H,1-2H3. The molecule has 1 rings (SSSR count). The van der Waals surface area contributed by atoms with Gasteiger partial charge in [-0.05, 0) is 19.4 Å². The monoisotopic (exact) mass is 133 g/mol. The van der Waals surface area contributed by atoms with E-state index in [1.165, 1.54) is 5.56 Å². The van der Waals surface area contributed by atoms with Gasteiger partial charge in [0.1, 0.15) is 0 Å². The molecule has 1 aromatic rings. The fraction of sp³-hybridized carbons (Fsp3) is 0.222. The Morgan fingerprint density at radius 3 is 2.50 bits per heavy atom. The molecule has 0 heterocycles. The topological polar surface area (TPSA) is 17.1 Å². The van der Waals surface area contributed by atoms with Crippen LogP contribution in [0.3, 0.4) is 0 Å². The van der Waals surface area contributed by atoms with Crippen molar-refractivity contribution in [3.05, 3.63) is 34.9 Å². The molecule has 0 amide bonds. The van der Waals surface area contributed by atoms with Crippen molar-refractivity contribution < 1.29 is 4.79 Å². The molecule has 1 aromatic carbocycles. The van der Waals surface area contributed by atoms with Crippen molar-refractivity contribution in [3.63, 3.8) is 0 Å². The molecule has 0 aliphatic carbocycles. The van der Waals surface area contributed by atoms with Gasteiger partial charge in [0.15, 0.2) is 0 Å². The summed E-state index contributed by atoms with van der Waals surface area (Å²) in [6.07, 6.45) is 1.87. The maximum atomic E-state index is 10.2. The molecule has 1 radical (unpaired) electrons. The first-order chi connectivity index (χ1) is 4.74. The van der Waals surface area contributed by atoms with E-state index in [-0.39, 0.29) is 0 Å². The highest BCUT2D eigenvalue weighted by molar-refractivity contribution is 5.77. The average molecular weight is 133 g/mol. The smallest absolute Gasteiger partial charge is 0.233 e. The number of rotatable bonds is 1. The lowest BCUT2D eigenvalue weighted by molar-refractivity contribution is 0.562. The van der Waals surface area contributed by atoms with Crippen molar-refractivity contribution in [1.29, 1.82) is 0 Å². The fourth-order valence-electron chi connectivity index (χ4n) is 0.928. The van der Waals surface area contributed by atoms with Crippen molar-refractivity contribution in [3.8, 4) is 0 Å². The van der Waals surface area contributed by atoms with Crippen LogP contribution >= 0.6 is 0 Å². The van der Waals surface area contributed by atoms with Crippen LogP contribution in [0.15, 0.2) is 18.2 Å². The van der Waals surface area contributed by atoms with Crippen LogP contribution in [0, 0.1) is 13.8 Å². The third-order valence-corrected chi connectivity index (χ3v) is 1.49. The maximum Gasteiger partial charge on any atom is 0.233 e. The van der Waals surface area contributed by atoms with E-state index in [1.807, 2.05) is 32.3 Å². The van der Waals surface area contributed by atoms with E-state index in [4.69, 9.17) is 0 Å². The van der Waals surface area contributed by atoms with Crippen molar-refractivity contribution >= 4 is 6.29 Å². The Labute approximate surface area is 60.7 Å². The Hall–Kier alpha value is -1.11. The van der Waals surface area contributed by atoms with Crippen molar-refractivity contribution in [2.24, 2.45) is 0 Å². The average Bonchev–Trinajstić information content (AvgIpc) is 1.88. The van der Waals surface area contributed by atoms with Gasteiger partial charge in [0, 0.05) is 5.56 Å².